The Morgan fingerprint density at radius 2 is 2.20 bits per heavy atom. The molecule has 2 rings (SSSR count). The van der Waals surface area contributed by atoms with Gasteiger partial charge in [0, 0.05) is 12.0 Å². The van der Waals surface area contributed by atoms with Crippen molar-refractivity contribution in [2.45, 2.75) is 26.3 Å². The van der Waals surface area contributed by atoms with Gasteiger partial charge in [-0.3, -0.25) is 4.79 Å². The first-order valence-corrected chi connectivity index (χ1v) is 7.57. The predicted octanol–water partition coefficient (Wildman–Crippen LogP) is 2.11. The molecule has 0 unspecified atom stereocenters. The first-order chi connectivity index (χ1) is 9.18. The van der Waals surface area contributed by atoms with E-state index >= 15 is 0 Å². The van der Waals surface area contributed by atoms with E-state index in [9.17, 15) is 4.79 Å². The van der Waals surface area contributed by atoms with Gasteiger partial charge in [-0.2, -0.15) is 0 Å². The number of methoxy groups -OCH3 is 1. The number of hydrogen-bond donors (Lipinski definition) is 2. The molecule has 0 aromatic carbocycles. The number of rotatable bonds is 5. The molecule has 2 heterocycles. The van der Waals surface area contributed by atoms with Gasteiger partial charge in [0.1, 0.15) is 0 Å². The van der Waals surface area contributed by atoms with Crippen molar-refractivity contribution in [3.63, 3.8) is 0 Å². The molecular weight excluding hydrogens is 296 g/mol. The van der Waals surface area contributed by atoms with E-state index in [1.165, 1.54) is 10.4 Å². The van der Waals surface area contributed by atoms with Gasteiger partial charge in [-0.25, -0.2) is 0 Å². The monoisotopic (exact) mass is 318 g/mol. The molecule has 1 aromatic rings. The lowest BCUT2D eigenvalue weighted by Gasteiger charge is -2.35. The zero-order valence-corrected chi connectivity index (χ0v) is 13.7. The van der Waals surface area contributed by atoms with Crippen molar-refractivity contribution in [2.24, 2.45) is 5.41 Å². The molecule has 20 heavy (non-hydrogen) atoms. The van der Waals surface area contributed by atoms with Gasteiger partial charge < -0.3 is 15.4 Å². The van der Waals surface area contributed by atoms with Gasteiger partial charge in [0.05, 0.1) is 18.6 Å². The Kier molecular flexibility index (Phi) is 6.95. The molecule has 1 aliphatic heterocycles. The second kappa shape index (κ2) is 7.98. The summed E-state index contributed by atoms with van der Waals surface area (Å²) in [4.78, 5) is 13.7. The summed E-state index contributed by atoms with van der Waals surface area (Å²) in [6.45, 7) is 4.97. The minimum Gasteiger partial charge on any atom is -0.384 e. The number of carbonyl (C=O) groups is 1. The maximum Gasteiger partial charge on any atom is 0.228 e. The van der Waals surface area contributed by atoms with Crippen molar-refractivity contribution in [2.75, 3.05) is 26.8 Å². The molecule has 6 heteroatoms. The maximum atomic E-state index is 12.5. The molecule has 114 valence electrons. The Morgan fingerprint density at radius 3 is 2.75 bits per heavy atom. The van der Waals surface area contributed by atoms with E-state index in [1.807, 2.05) is 0 Å². The Balaban J connectivity index is 0.00000200. The highest BCUT2D eigenvalue weighted by molar-refractivity contribution is 7.10. The SMILES string of the molecule is COCC1(C(=O)NCc2sccc2C)CCNCC1.Cl. The standard InChI is InChI=1S/C14H22N2O2S.ClH/c1-11-3-8-19-12(11)9-16-13(17)14(10-18-2)4-6-15-7-5-14;/h3,8,15H,4-7,9-10H2,1-2H3,(H,16,17);1H. The third-order valence-electron chi connectivity index (χ3n) is 3.84. The van der Waals surface area contributed by atoms with Gasteiger partial charge in [-0.05, 0) is 49.9 Å². The fraction of sp³-hybridized carbons (Fsp3) is 0.643. The zero-order valence-electron chi connectivity index (χ0n) is 12.0. The van der Waals surface area contributed by atoms with E-state index in [1.54, 1.807) is 18.4 Å². The number of amides is 1. The summed E-state index contributed by atoms with van der Waals surface area (Å²) in [6.07, 6.45) is 1.69. The van der Waals surface area contributed by atoms with Crippen molar-refractivity contribution in [1.82, 2.24) is 10.6 Å². The second-order valence-electron chi connectivity index (χ2n) is 5.17. The van der Waals surface area contributed by atoms with E-state index < -0.39 is 0 Å². The molecule has 1 fully saturated rings. The Hall–Kier alpha value is -0.620. The predicted molar refractivity (Wildman–Crippen MR) is 84.6 cm³/mol. The molecule has 1 aromatic heterocycles. The van der Waals surface area contributed by atoms with E-state index in [-0.39, 0.29) is 23.7 Å². The highest BCUT2D eigenvalue weighted by atomic mass is 35.5. The molecule has 1 saturated heterocycles. The summed E-state index contributed by atoms with van der Waals surface area (Å²) in [6, 6.07) is 2.08. The third-order valence-corrected chi connectivity index (χ3v) is 4.86. The van der Waals surface area contributed by atoms with Crippen molar-refractivity contribution in [3.8, 4) is 0 Å². The summed E-state index contributed by atoms with van der Waals surface area (Å²) in [5, 5.41) is 8.44. The highest BCUT2D eigenvalue weighted by Gasteiger charge is 2.39. The van der Waals surface area contributed by atoms with Crippen molar-refractivity contribution >= 4 is 29.7 Å². The normalized spacial score (nSPS) is 17.3. The molecule has 2 N–H and O–H groups in total. The maximum absolute atomic E-state index is 12.5. The van der Waals surface area contributed by atoms with Gasteiger partial charge in [-0.1, -0.05) is 0 Å². The Morgan fingerprint density at radius 1 is 1.50 bits per heavy atom. The number of ether oxygens (including phenoxy) is 1. The highest BCUT2D eigenvalue weighted by Crippen LogP contribution is 2.29. The minimum absolute atomic E-state index is 0. The molecule has 1 amide bonds. The number of halogens is 1. The van der Waals surface area contributed by atoms with Gasteiger partial charge >= 0.3 is 0 Å². The van der Waals surface area contributed by atoms with Crippen LogP contribution in [0.5, 0.6) is 0 Å². The summed E-state index contributed by atoms with van der Waals surface area (Å²) < 4.78 is 5.28. The van der Waals surface area contributed by atoms with Crippen molar-refractivity contribution in [3.05, 3.63) is 21.9 Å². The zero-order chi connectivity index (χ0) is 13.7. The lowest BCUT2D eigenvalue weighted by molar-refractivity contribution is -0.136. The van der Waals surface area contributed by atoms with Crippen LogP contribution >= 0.6 is 23.7 Å². The molecule has 0 aliphatic carbocycles. The van der Waals surface area contributed by atoms with Crippen LogP contribution in [0.25, 0.3) is 0 Å². The largest absolute Gasteiger partial charge is 0.384 e. The van der Waals surface area contributed by atoms with Gasteiger partial charge in [-0.15, -0.1) is 23.7 Å². The molecular formula is C14H23ClN2O2S. The number of carbonyl (C=O) groups excluding carboxylic acids is 1. The first kappa shape index (κ1) is 17.4. The lowest BCUT2D eigenvalue weighted by atomic mass is 9.78. The van der Waals surface area contributed by atoms with Crippen LogP contribution in [0.2, 0.25) is 0 Å². The van der Waals surface area contributed by atoms with Gasteiger partial charge in [0.2, 0.25) is 5.91 Å². The Bertz CT molecular complexity index is 425. The molecule has 0 spiro atoms. The van der Waals surface area contributed by atoms with Gasteiger partial charge in [0.15, 0.2) is 0 Å². The number of nitrogens with one attached hydrogen (secondary N) is 2. The molecule has 0 bridgehead atoms. The van der Waals surface area contributed by atoms with E-state index in [4.69, 9.17) is 4.74 Å². The lowest BCUT2D eigenvalue weighted by Crippen LogP contribution is -2.49. The molecule has 0 radical (unpaired) electrons. The average molecular weight is 319 g/mol. The Labute approximate surface area is 130 Å². The fourth-order valence-electron chi connectivity index (χ4n) is 2.55. The smallest absolute Gasteiger partial charge is 0.228 e. The van der Waals surface area contributed by atoms with Crippen LogP contribution in [0, 0.1) is 12.3 Å². The molecule has 0 atom stereocenters. The minimum atomic E-state index is -0.356. The topological polar surface area (TPSA) is 50.4 Å². The first-order valence-electron chi connectivity index (χ1n) is 6.69. The summed E-state index contributed by atoms with van der Waals surface area (Å²) >= 11 is 1.69. The van der Waals surface area contributed by atoms with Crippen LogP contribution in [0.1, 0.15) is 23.3 Å². The molecule has 4 nitrogen and oxygen atoms in total. The van der Waals surface area contributed by atoms with Crippen LogP contribution in [0.4, 0.5) is 0 Å². The number of hydrogen-bond acceptors (Lipinski definition) is 4. The van der Waals surface area contributed by atoms with Crippen LogP contribution in [0.15, 0.2) is 11.4 Å². The average Bonchev–Trinajstić information content (AvgIpc) is 2.83. The van der Waals surface area contributed by atoms with Crippen LogP contribution in [0.3, 0.4) is 0 Å². The van der Waals surface area contributed by atoms with Crippen molar-refractivity contribution in [1.29, 1.82) is 0 Å². The van der Waals surface area contributed by atoms with Crippen LogP contribution < -0.4 is 10.6 Å². The quantitative estimate of drug-likeness (QED) is 0.874. The fourth-order valence-corrected chi connectivity index (χ4v) is 3.40. The number of piperidine rings is 1. The second-order valence-corrected chi connectivity index (χ2v) is 6.17. The number of thiophene rings is 1. The molecule has 0 saturated carbocycles. The van der Waals surface area contributed by atoms with E-state index in [2.05, 4.69) is 29.0 Å². The summed E-state index contributed by atoms with van der Waals surface area (Å²) in [5.74, 6) is 0.128. The van der Waals surface area contributed by atoms with Crippen LogP contribution in [-0.4, -0.2) is 32.7 Å². The van der Waals surface area contributed by atoms with Crippen molar-refractivity contribution < 1.29 is 9.53 Å². The van der Waals surface area contributed by atoms with E-state index in [0.717, 1.165) is 25.9 Å². The van der Waals surface area contributed by atoms with E-state index in [0.29, 0.717) is 13.2 Å². The summed E-state index contributed by atoms with van der Waals surface area (Å²) in [7, 11) is 1.67. The number of aryl methyl sites for hydroxylation is 1. The molecule has 1 aliphatic rings. The van der Waals surface area contributed by atoms with Gasteiger partial charge in [0.25, 0.3) is 0 Å². The summed E-state index contributed by atoms with van der Waals surface area (Å²) in [5.41, 5.74) is 0.891. The third kappa shape index (κ3) is 3.95. The van der Waals surface area contributed by atoms with Crippen LogP contribution in [-0.2, 0) is 16.1 Å².